The summed E-state index contributed by atoms with van der Waals surface area (Å²) in [6.07, 6.45) is 5.25. The number of nitrogens with two attached hydrogens (primary N) is 1. The third-order valence-electron chi connectivity index (χ3n) is 8.58. The van der Waals surface area contributed by atoms with Gasteiger partial charge in [0.1, 0.15) is 24.2 Å². The molecule has 4 aliphatic heterocycles. The Morgan fingerprint density at radius 2 is 1.64 bits per heavy atom. The number of fused-ring (bicyclic) bond motifs is 3. The highest BCUT2D eigenvalue weighted by Gasteiger charge is 2.51. The van der Waals surface area contributed by atoms with Gasteiger partial charge in [0, 0.05) is 38.2 Å². The van der Waals surface area contributed by atoms with Crippen molar-refractivity contribution in [3.05, 3.63) is 60.8 Å². The summed E-state index contributed by atoms with van der Waals surface area (Å²) in [6.45, 7) is 3.34. The summed E-state index contributed by atoms with van der Waals surface area (Å²) in [5.41, 5.74) is 5.98. The van der Waals surface area contributed by atoms with E-state index in [1.165, 1.54) is 12.2 Å². The van der Waals surface area contributed by atoms with Crippen molar-refractivity contribution in [1.29, 1.82) is 0 Å². The lowest BCUT2D eigenvalue weighted by Crippen LogP contribution is -2.61. The fraction of sp³-hybridized carbons (Fsp3) is 0.636. The number of aliphatic hydroxyl groups excluding tert-OH is 4. The number of carboxylic acids is 1. The molecule has 3 fully saturated rings. The van der Waals surface area contributed by atoms with E-state index in [0.29, 0.717) is 6.42 Å². The number of cyclic esters (lactones) is 1. The molecule has 4 aliphatic rings. The summed E-state index contributed by atoms with van der Waals surface area (Å²) < 4.78 is 28.5. The zero-order chi connectivity index (χ0) is 34.3. The van der Waals surface area contributed by atoms with Crippen molar-refractivity contribution in [2.24, 2.45) is 11.7 Å². The molecule has 0 radical (unpaired) electrons. The van der Waals surface area contributed by atoms with Crippen LogP contribution in [0.5, 0.6) is 0 Å². The van der Waals surface area contributed by atoms with Gasteiger partial charge in [0.25, 0.3) is 0 Å². The van der Waals surface area contributed by atoms with Gasteiger partial charge < -0.3 is 60.1 Å². The van der Waals surface area contributed by atoms with E-state index in [1.54, 1.807) is 56.4 Å². The fourth-order valence-electron chi connectivity index (χ4n) is 6.00. The van der Waals surface area contributed by atoms with Crippen LogP contribution in [0.2, 0.25) is 0 Å². The Labute approximate surface area is 273 Å². The van der Waals surface area contributed by atoms with Gasteiger partial charge in [-0.2, -0.15) is 0 Å². The van der Waals surface area contributed by atoms with Crippen molar-refractivity contribution < 1.29 is 63.9 Å². The van der Waals surface area contributed by atoms with Crippen molar-refractivity contribution in [2.45, 2.75) is 125 Å². The number of esters is 1. The molecule has 0 aromatic heterocycles. The summed E-state index contributed by atoms with van der Waals surface area (Å²) in [7, 11) is 0. The number of hydrogen-bond donors (Lipinski definition) is 7. The molecule has 14 atom stereocenters. The number of carbonyl (C=O) groups is 2. The molecule has 3 saturated heterocycles. The standard InChI is InChI=1S/C33H47NO13/c1-18-10-8-6-4-3-5-7-9-11-21(45-32-30(39)28(34)29(38)19(2)44-32)15-25-27(31(40)41)22(36)17-33(42,47-25)16-20(35)14-24-23(46-24)12-13-26(37)43-18/h3-9,11-13,18-25,27-30,32,35-36,38-39,42H,10,14-17,34H2,1-2H3,(H,40,41)/b4-3+,7-5+,8-6+,11-9?,13-12+/t18-,19-,20+,21+,22+,23-,24-,25+,27-,28+,29-,30+,32+,33-/m1/s1. The molecule has 2 bridgehead atoms. The smallest absolute Gasteiger partial charge is 0.330 e. The maximum Gasteiger partial charge on any atom is 0.330 e. The van der Waals surface area contributed by atoms with Crippen LogP contribution in [0.25, 0.3) is 0 Å². The number of carbonyl (C=O) groups excluding carboxylic acids is 1. The second-order valence-electron chi connectivity index (χ2n) is 12.6. The number of epoxide rings is 1. The Balaban J connectivity index is 1.58. The zero-order valence-corrected chi connectivity index (χ0v) is 26.4. The molecule has 0 spiro atoms. The van der Waals surface area contributed by atoms with Crippen molar-refractivity contribution in [3.8, 4) is 0 Å². The van der Waals surface area contributed by atoms with E-state index >= 15 is 0 Å². The first kappa shape index (κ1) is 37.1. The average molecular weight is 666 g/mol. The summed E-state index contributed by atoms with van der Waals surface area (Å²) in [6, 6.07) is -1.08. The van der Waals surface area contributed by atoms with Crippen LogP contribution < -0.4 is 5.73 Å². The van der Waals surface area contributed by atoms with Gasteiger partial charge in [0.2, 0.25) is 0 Å². The van der Waals surface area contributed by atoms with Crippen molar-refractivity contribution in [3.63, 3.8) is 0 Å². The molecule has 0 aromatic carbocycles. The highest BCUT2D eigenvalue weighted by molar-refractivity contribution is 5.82. The molecular formula is C33H47NO13. The Kier molecular flexibility index (Phi) is 13.1. The number of aliphatic carboxylic acids is 1. The molecule has 0 amide bonds. The van der Waals surface area contributed by atoms with Crippen LogP contribution in [0.3, 0.4) is 0 Å². The Hall–Kier alpha value is -2.76. The Morgan fingerprint density at radius 1 is 0.936 bits per heavy atom. The molecule has 0 saturated carbocycles. The van der Waals surface area contributed by atoms with E-state index in [-0.39, 0.29) is 25.4 Å². The maximum absolute atomic E-state index is 12.3. The lowest BCUT2D eigenvalue weighted by atomic mass is 9.83. The maximum atomic E-state index is 12.3. The number of hydrogen-bond acceptors (Lipinski definition) is 13. The molecule has 14 heteroatoms. The average Bonchev–Trinajstić information content (AvgIpc) is 3.72. The van der Waals surface area contributed by atoms with Crippen LogP contribution in [0.4, 0.5) is 0 Å². The van der Waals surface area contributed by atoms with Gasteiger partial charge >= 0.3 is 11.9 Å². The molecule has 4 rings (SSSR count). The molecule has 4 heterocycles. The zero-order valence-electron chi connectivity index (χ0n) is 26.4. The van der Waals surface area contributed by atoms with E-state index in [2.05, 4.69) is 0 Å². The molecule has 0 unspecified atom stereocenters. The molecule has 262 valence electrons. The second-order valence-corrected chi connectivity index (χ2v) is 12.6. The number of ether oxygens (including phenoxy) is 5. The monoisotopic (exact) mass is 665 g/mol. The minimum atomic E-state index is -2.10. The number of aliphatic hydroxyl groups is 5. The van der Waals surface area contributed by atoms with E-state index in [4.69, 9.17) is 29.4 Å². The van der Waals surface area contributed by atoms with Crippen molar-refractivity contribution in [1.82, 2.24) is 0 Å². The fourth-order valence-corrected chi connectivity index (χ4v) is 6.00. The van der Waals surface area contributed by atoms with Gasteiger partial charge in [-0.15, -0.1) is 0 Å². The predicted octanol–water partition coefficient (Wildman–Crippen LogP) is 0.120. The van der Waals surface area contributed by atoms with Crippen molar-refractivity contribution >= 4 is 11.9 Å². The third-order valence-corrected chi connectivity index (χ3v) is 8.58. The van der Waals surface area contributed by atoms with Crippen LogP contribution in [0, 0.1) is 5.92 Å². The van der Waals surface area contributed by atoms with Crippen LogP contribution in [-0.4, -0.2) is 122 Å². The van der Waals surface area contributed by atoms with Crippen LogP contribution in [-0.2, 0) is 33.3 Å². The van der Waals surface area contributed by atoms with Gasteiger partial charge in [0.15, 0.2) is 12.1 Å². The van der Waals surface area contributed by atoms with E-state index in [1.807, 2.05) is 6.08 Å². The molecule has 14 nitrogen and oxygen atoms in total. The summed E-state index contributed by atoms with van der Waals surface area (Å²) in [4.78, 5) is 24.4. The van der Waals surface area contributed by atoms with Gasteiger partial charge in [-0.3, -0.25) is 4.79 Å². The lowest BCUT2D eigenvalue weighted by Gasteiger charge is -2.45. The molecule has 8 N–H and O–H groups in total. The largest absolute Gasteiger partial charge is 0.481 e. The van der Waals surface area contributed by atoms with Gasteiger partial charge in [-0.25, -0.2) is 4.79 Å². The quantitative estimate of drug-likeness (QED) is 0.157. The van der Waals surface area contributed by atoms with Gasteiger partial charge in [0.05, 0.1) is 48.8 Å². The van der Waals surface area contributed by atoms with E-state index < -0.39 is 97.3 Å². The number of rotatable bonds is 3. The summed E-state index contributed by atoms with van der Waals surface area (Å²) in [5.74, 6) is -5.45. The molecule has 0 aromatic rings. The molecular weight excluding hydrogens is 618 g/mol. The lowest BCUT2D eigenvalue weighted by molar-refractivity contribution is -0.308. The van der Waals surface area contributed by atoms with Crippen LogP contribution in [0.1, 0.15) is 46.0 Å². The molecule has 47 heavy (non-hydrogen) atoms. The first-order valence-electron chi connectivity index (χ1n) is 15.9. The highest BCUT2D eigenvalue weighted by Crippen LogP contribution is 2.39. The predicted molar refractivity (Wildman–Crippen MR) is 165 cm³/mol. The van der Waals surface area contributed by atoms with Crippen LogP contribution in [0.15, 0.2) is 60.8 Å². The highest BCUT2D eigenvalue weighted by atomic mass is 16.7. The van der Waals surface area contributed by atoms with E-state index in [9.17, 15) is 40.2 Å². The minimum absolute atomic E-state index is 0.0789. The van der Waals surface area contributed by atoms with Crippen LogP contribution >= 0.6 is 0 Å². The Morgan fingerprint density at radius 3 is 2.36 bits per heavy atom. The summed E-state index contributed by atoms with van der Waals surface area (Å²) >= 11 is 0. The second kappa shape index (κ2) is 16.6. The van der Waals surface area contributed by atoms with Gasteiger partial charge in [-0.1, -0.05) is 48.6 Å². The normalized spacial score (nSPS) is 46.6. The van der Waals surface area contributed by atoms with E-state index in [0.717, 1.165) is 0 Å². The third kappa shape index (κ3) is 10.6. The SMILES string of the molecule is C[C@@H]1C/C=C/C=C/C=C/C=C[C@H](O[C@@H]2O[C@H](C)[C@@H](O)[C@H](N)[C@@H]2O)C[C@@H]2O[C@](O)(C[C@@H](O)C[C@H]3O[C@@H]3/C=C/C(=O)O1)C[C@H](O)[C@H]2C(=O)O. The van der Waals surface area contributed by atoms with Crippen molar-refractivity contribution in [2.75, 3.05) is 0 Å². The first-order valence-corrected chi connectivity index (χ1v) is 15.9. The minimum Gasteiger partial charge on any atom is -0.481 e. The number of allylic oxidation sites excluding steroid dienone is 6. The topological polar surface area (TPSA) is 231 Å². The summed E-state index contributed by atoms with van der Waals surface area (Å²) in [5, 5.41) is 63.9. The molecule has 0 aliphatic carbocycles. The van der Waals surface area contributed by atoms with Gasteiger partial charge in [-0.05, 0) is 19.9 Å². The number of carboxylic acid groups (broad SMARTS) is 1. The Bertz CT molecular complexity index is 1220. The first-order chi connectivity index (χ1) is 22.3.